The lowest BCUT2D eigenvalue weighted by molar-refractivity contribution is 0.0297. The average molecular weight is 438 g/mol. The predicted octanol–water partition coefficient (Wildman–Crippen LogP) is 3.48. The number of rotatable bonds is 5. The van der Waals surface area contributed by atoms with Crippen molar-refractivity contribution in [1.82, 2.24) is 19.9 Å². The number of carbonyl (C=O) groups is 1. The van der Waals surface area contributed by atoms with Crippen molar-refractivity contribution in [1.29, 1.82) is 0 Å². The van der Waals surface area contributed by atoms with Gasteiger partial charge in [0.1, 0.15) is 23.9 Å². The molecule has 0 bridgehead atoms. The largest absolute Gasteiger partial charge is 0.473 e. The molecule has 0 radical (unpaired) electrons. The van der Waals surface area contributed by atoms with E-state index in [2.05, 4.69) is 15.0 Å². The standard InChI is InChI=1S/C23H23FN4O4/c1-14-19(22(26-32-14)15-2-5-17(24)6-3-15)13-31-21-7-4-16-10-27(9-8-20(16)25-21)18-11-28(12-18)23(29)30/h2-7,18H,8-13H2,1H3,(H,29,30). The number of benzene rings is 1. The summed E-state index contributed by atoms with van der Waals surface area (Å²) in [7, 11) is 0. The van der Waals surface area contributed by atoms with Gasteiger partial charge in [-0.3, -0.25) is 4.90 Å². The van der Waals surface area contributed by atoms with E-state index in [0.717, 1.165) is 41.9 Å². The molecule has 0 aliphatic carbocycles. The van der Waals surface area contributed by atoms with E-state index >= 15 is 0 Å². The molecule has 0 saturated carbocycles. The topological polar surface area (TPSA) is 91.9 Å². The highest BCUT2D eigenvalue weighted by atomic mass is 19.1. The van der Waals surface area contributed by atoms with Crippen LogP contribution in [0.1, 0.15) is 22.6 Å². The van der Waals surface area contributed by atoms with Gasteiger partial charge in [0.25, 0.3) is 0 Å². The Bertz CT molecular complexity index is 1140. The second-order valence-electron chi connectivity index (χ2n) is 8.18. The first-order valence-electron chi connectivity index (χ1n) is 10.5. The second-order valence-corrected chi connectivity index (χ2v) is 8.18. The van der Waals surface area contributed by atoms with Crippen LogP contribution >= 0.6 is 0 Å². The first-order chi connectivity index (χ1) is 15.5. The van der Waals surface area contributed by atoms with Crippen molar-refractivity contribution in [3.05, 3.63) is 64.8 Å². The lowest BCUT2D eigenvalue weighted by Crippen LogP contribution is -2.61. The highest BCUT2D eigenvalue weighted by Gasteiger charge is 2.36. The molecule has 166 valence electrons. The number of aryl methyl sites for hydroxylation is 1. The maximum atomic E-state index is 13.3. The Morgan fingerprint density at radius 2 is 2.03 bits per heavy atom. The van der Waals surface area contributed by atoms with Crippen LogP contribution in [0, 0.1) is 12.7 Å². The first-order valence-corrected chi connectivity index (χ1v) is 10.5. The summed E-state index contributed by atoms with van der Waals surface area (Å²) in [5, 5.41) is 13.1. The van der Waals surface area contributed by atoms with Crippen molar-refractivity contribution in [2.45, 2.75) is 32.5 Å². The molecule has 0 atom stereocenters. The summed E-state index contributed by atoms with van der Waals surface area (Å²) in [5.74, 6) is 0.873. The number of halogens is 1. The van der Waals surface area contributed by atoms with Crippen LogP contribution in [-0.4, -0.2) is 56.8 Å². The van der Waals surface area contributed by atoms with E-state index in [-0.39, 0.29) is 18.5 Å². The van der Waals surface area contributed by atoms with Crippen molar-refractivity contribution in [2.24, 2.45) is 0 Å². The number of likely N-dealkylation sites (tertiary alicyclic amines) is 1. The molecular formula is C23H23FN4O4. The van der Waals surface area contributed by atoms with Crippen molar-refractivity contribution < 1.29 is 23.6 Å². The fourth-order valence-corrected chi connectivity index (χ4v) is 4.19. The number of ether oxygens (including phenoxy) is 1. The fourth-order valence-electron chi connectivity index (χ4n) is 4.19. The Hall–Kier alpha value is -3.46. The normalized spacial score (nSPS) is 16.5. The Kier molecular flexibility index (Phi) is 5.26. The quantitative estimate of drug-likeness (QED) is 0.652. The molecule has 1 N–H and O–H groups in total. The van der Waals surface area contributed by atoms with E-state index in [1.807, 2.05) is 19.1 Å². The maximum absolute atomic E-state index is 13.3. The smallest absolute Gasteiger partial charge is 0.407 e. The number of hydrogen-bond donors (Lipinski definition) is 1. The monoisotopic (exact) mass is 438 g/mol. The first kappa shape index (κ1) is 20.4. The van der Waals surface area contributed by atoms with E-state index in [4.69, 9.17) is 14.4 Å². The summed E-state index contributed by atoms with van der Waals surface area (Å²) in [4.78, 5) is 19.4. The van der Waals surface area contributed by atoms with E-state index < -0.39 is 6.09 Å². The third kappa shape index (κ3) is 3.91. The zero-order chi connectivity index (χ0) is 22.2. The maximum Gasteiger partial charge on any atom is 0.407 e. The van der Waals surface area contributed by atoms with Crippen LogP contribution < -0.4 is 4.74 Å². The van der Waals surface area contributed by atoms with Gasteiger partial charge in [-0.25, -0.2) is 14.2 Å². The van der Waals surface area contributed by atoms with Crippen molar-refractivity contribution >= 4 is 6.09 Å². The molecule has 2 aliphatic rings. The minimum Gasteiger partial charge on any atom is -0.473 e. The molecule has 1 aromatic carbocycles. The molecule has 2 aromatic heterocycles. The van der Waals surface area contributed by atoms with Crippen molar-refractivity contribution in [2.75, 3.05) is 19.6 Å². The van der Waals surface area contributed by atoms with Gasteiger partial charge in [0.2, 0.25) is 5.88 Å². The summed E-state index contributed by atoms with van der Waals surface area (Å²) < 4.78 is 24.6. The van der Waals surface area contributed by atoms with Crippen LogP contribution in [0.5, 0.6) is 5.88 Å². The molecule has 3 aromatic rings. The lowest BCUT2D eigenvalue weighted by Gasteiger charge is -2.45. The number of aromatic nitrogens is 2. The van der Waals surface area contributed by atoms with Gasteiger partial charge in [-0.15, -0.1) is 0 Å². The molecule has 0 spiro atoms. The number of amides is 1. The van der Waals surface area contributed by atoms with Gasteiger partial charge in [-0.05, 0) is 36.8 Å². The van der Waals surface area contributed by atoms with Crippen LogP contribution in [-0.2, 0) is 19.6 Å². The molecule has 4 heterocycles. The molecule has 1 fully saturated rings. The predicted molar refractivity (Wildman–Crippen MR) is 113 cm³/mol. The van der Waals surface area contributed by atoms with Crippen LogP contribution in [0.2, 0.25) is 0 Å². The Morgan fingerprint density at radius 1 is 1.25 bits per heavy atom. The SMILES string of the molecule is Cc1onc(-c2ccc(F)cc2)c1COc1ccc2c(n1)CCN(C1CN(C(=O)O)C1)C2. The van der Waals surface area contributed by atoms with Crippen molar-refractivity contribution in [3.63, 3.8) is 0 Å². The van der Waals surface area contributed by atoms with Gasteiger partial charge in [0.15, 0.2) is 0 Å². The molecule has 9 heteroatoms. The van der Waals surface area contributed by atoms with E-state index in [1.54, 1.807) is 12.1 Å². The second kappa shape index (κ2) is 8.23. The van der Waals surface area contributed by atoms with Gasteiger partial charge < -0.3 is 19.3 Å². The average Bonchev–Trinajstić information content (AvgIpc) is 3.11. The number of pyridine rings is 1. The lowest BCUT2D eigenvalue weighted by atomic mass is 10.0. The Labute approximate surface area is 184 Å². The number of nitrogens with zero attached hydrogens (tertiary/aromatic N) is 4. The summed E-state index contributed by atoms with van der Waals surface area (Å²) in [6.45, 7) is 4.80. The minimum absolute atomic E-state index is 0.243. The van der Waals surface area contributed by atoms with E-state index in [0.29, 0.717) is 30.4 Å². The zero-order valence-corrected chi connectivity index (χ0v) is 17.6. The summed E-state index contributed by atoms with van der Waals surface area (Å²) >= 11 is 0. The van der Waals surface area contributed by atoms with Gasteiger partial charge in [0.05, 0.1) is 11.3 Å². The summed E-state index contributed by atoms with van der Waals surface area (Å²) in [5.41, 5.74) is 4.35. The zero-order valence-electron chi connectivity index (χ0n) is 17.6. The fraction of sp³-hybridized carbons (Fsp3) is 0.348. The molecule has 0 unspecified atom stereocenters. The molecular weight excluding hydrogens is 415 g/mol. The van der Waals surface area contributed by atoms with Crippen LogP contribution in [0.15, 0.2) is 40.9 Å². The van der Waals surface area contributed by atoms with Crippen LogP contribution in [0.4, 0.5) is 9.18 Å². The molecule has 32 heavy (non-hydrogen) atoms. The molecule has 1 saturated heterocycles. The minimum atomic E-state index is -0.854. The van der Waals surface area contributed by atoms with Crippen molar-refractivity contribution in [3.8, 4) is 17.1 Å². The summed E-state index contributed by atoms with van der Waals surface area (Å²) in [6, 6.07) is 10.3. The number of hydrogen-bond acceptors (Lipinski definition) is 6. The third-order valence-electron chi connectivity index (χ3n) is 6.17. The van der Waals surface area contributed by atoms with Gasteiger partial charge in [-0.1, -0.05) is 11.2 Å². The Balaban J connectivity index is 1.24. The van der Waals surface area contributed by atoms with E-state index in [9.17, 15) is 9.18 Å². The van der Waals surface area contributed by atoms with Gasteiger partial charge in [-0.2, -0.15) is 0 Å². The van der Waals surface area contributed by atoms with Crippen LogP contribution in [0.25, 0.3) is 11.3 Å². The highest BCUT2D eigenvalue weighted by Crippen LogP contribution is 2.28. The third-order valence-corrected chi connectivity index (χ3v) is 6.17. The highest BCUT2D eigenvalue weighted by molar-refractivity contribution is 5.66. The van der Waals surface area contributed by atoms with Gasteiger partial charge >= 0.3 is 6.09 Å². The summed E-state index contributed by atoms with van der Waals surface area (Å²) in [6.07, 6.45) is -0.0591. The molecule has 1 amide bonds. The molecule has 2 aliphatic heterocycles. The number of fused-ring (bicyclic) bond motifs is 1. The molecule has 8 nitrogen and oxygen atoms in total. The van der Waals surface area contributed by atoms with E-state index in [1.165, 1.54) is 17.0 Å². The molecule has 5 rings (SSSR count). The number of carboxylic acid groups (broad SMARTS) is 1. The van der Waals surface area contributed by atoms with Crippen LogP contribution in [0.3, 0.4) is 0 Å². The Morgan fingerprint density at radius 3 is 2.78 bits per heavy atom. The van der Waals surface area contributed by atoms with Gasteiger partial charge in [0, 0.05) is 50.3 Å².